The van der Waals surface area contributed by atoms with Crippen molar-refractivity contribution in [1.29, 1.82) is 0 Å². The summed E-state index contributed by atoms with van der Waals surface area (Å²) >= 11 is 0. The highest BCUT2D eigenvalue weighted by molar-refractivity contribution is 5.42. The quantitative estimate of drug-likeness (QED) is 0.629. The SMILES string of the molecule is NNc1ncccc1CN1CCCN2CCCC2C1. The Hall–Kier alpha value is -1.17. The summed E-state index contributed by atoms with van der Waals surface area (Å²) in [5.74, 6) is 6.33. The number of aromatic nitrogens is 1. The Labute approximate surface area is 114 Å². The fourth-order valence-electron chi connectivity index (χ4n) is 3.36. The topological polar surface area (TPSA) is 57.4 Å². The van der Waals surface area contributed by atoms with E-state index in [0.717, 1.165) is 18.4 Å². The summed E-state index contributed by atoms with van der Waals surface area (Å²) in [6.07, 6.45) is 5.76. The van der Waals surface area contributed by atoms with Gasteiger partial charge in [0.15, 0.2) is 0 Å². The molecule has 0 bridgehead atoms. The van der Waals surface area contributed by atoms with Gasteiger partial charge in [-0.3, -0.25) is 9.80 Å². The van der Waals surface area contributed by atoms with Crippen molar-refractivity contribution in [3.8, 4) is 0 Å². The third kappa shape index (κ3) is 2.88. The molecule has 2 saturated heterocycles. The monoisotopic (exact) mass is 261 g/mol. The van der Waals surface area contributed by atoms with Gasteiger partial charge in [0, 0.05) is 30.9 Å². The van der Waals surface area contributed by atoms with Crippen molar-refractivity contribution in [2.45, 2.75) is 31.8 Å². The van der Waals surface area contributed by atoms with Crippen LogP contribution in [0.25, 0.3) is 0 Å². The van der Waals surface area contributed by atoms with Gasteiger partial charge in [-0.05, 0) is 45.0 Å². The lowest BCUT2D eigenvalue weighted by Crippen LogP contribution is -2.36. The molecule has 0 amide bonds. The number of pyridine rings is 1. The molecule has 0 aliphatic carbocycles. The molecule has 5 nitrogen and oxygen atoms in total. The van der Waals surface area contributed by atoms with Crippen molar-refractivity contribution in [3.63, 3.8) is 0 Å². The second-order valence-corrected chi connectivity index (χ2v) is 5.58. The van der Waals surface area contributed by atoms with Gasteiger partial charge in [0.2, 0.25) is 0 Å². The summed E-state index contributed by atoms with van der Waals surface area (Å²) in [5.41, 5.74) is 3.89. The molecule has 2 aliphatic rings. The number of nitrogens with one attached hydrogen (secondary N) is 1. The maximum Gasteiger partial charge on any atom is 0.144 e. The van der Waals surface area contributed by atoms with E-state index in [0.29, 0.717) is 0 Å². The Morgan fingerprint density at radius 3 is 3.11 bits per heavy atom. The number of fused-ring (bicyclic) bond motifs is 1. The number of anilines is 1. The highest BCUT2D eigenvalue weighted by atomic mass is 15.3. The first-order valence-corrected chi connectivity index (χ1v) is 7.24. The van der Waals surface area contributed by atoms with Gasteiger partial charge in [-0.2, -0.15) is 0 Å². The Kier molecular flexibility index (Phi) is 3.96. The maximum atomic E-state index is 5.53. The van der Waals surface area contributed by atoms with Gasteiger partial charge in [-0.1, -0.05) is 6.07 Å². The minimum atomic E-state index is 0.758. The summed E-state index contributed by atoms with van der Waals surface area (Å²) < 4.78 is 0. The van der Waals surface area contributed by atoms with Crippen molar-refractivity contribution in [1.82, 2.24) is 14.8 Å². The number of nitrogens with two attached hydrogens (primary N) is 1. The fraction of sp³-hybridized carbons (Fsp3) is 0.643. The molecule has 5 heteroatoms. The zero-order chi connectivity index (χ0) is 13.1. The fourth-order valence-corrected chi connectivity index (χ4v) is 3.36. The zero-order valence-corrected chi connectivity index (χ0v) is 11.4. The van der Waals surface area contributed by atoms with E-state index in [1.807, 2.05) is 6.07 Å². The Balaban J connectivity index is 1.68. The highest BCUT2D eigenvalue weighted by Gasteiger charge is 2.28. The van der Waals surface area contributed by atoms with Crippen LogP contribution in [0.15, 0.2) is 18.3 Å². The highest BCUT2D eigenvalue weighted by Crippen LogP contribution is 2.23. The number of rotatable bonds is 3. The molecule has 1 aromatic heterocycles. The number of hydrogen-bond donors (Lipinski definition) is 2. The van der Waals surface area contributed by atoms with Gasteiger partial charge in [-0.15, -0.1) is 0 Å². The lowest BCUT2D eigenvalue weighted by Gasteiger charge is -2.26. The predicted molar refractivity (Wildman–Crippen MR) is 76.5 cm³/mol. The van der Waals surface area contributed by atoms with Gasteiger partial charge < -0.3 is 5.43 Å². The number of nitrogens with zero attached hydrogens (tertiary/aromatic N) is 3. The first-order chi connectivity index (χ1) is 9.36. The van der Waals surface area contributed by atoms with Gasteiger partial charge in [-0.25, -0.2) is 10.8 Å². The molecule has 3 N–H and O–H groups in total. The molecule has 0 aromatic carbocycles. The van der Waals surface area contributed by atoms with Gasteiger partial charge in [0.05, 0.1) is 0 Å². The molecule has 1 atom stereocenters. The molecule has 1 unspecified atom stereocenters. The van der Waals surface area contributed by atoms with Gasteiger partial charge >= 0.3 is 0 Å². The number of hydrogen-bond acceptors (Lipinski definition) is 5. The van der Waals surface area contributed by atoms with E-state index in [1.165, 1.54) is 51.0 Å². The third-order valence-corrected chi connectivity index (χ3v) is 4.31. The molecule has 0 spiro atoms. The van der Waals surface area contributed by atoms with Crippen LogP contribution < -0.4 is 11.3 Å². The van der Waals surface area contributed by atoms with Crippen LogP contribution in [-0.2, 0) is 6.54 Å². The maximum absolute atomic E-state index is 5.53. The van der Waals surface area contributed by atoms with Crippen LogP contribution >= 0.6 is 0 Å². The second-order valence-electron chi connectivity index (χ2n) is 5.58. The number of nitrogen functional groups attached to an aromatic ring is 1. The minimum absolute atomic E-state index is 0.758. The van der Waals surface area contributed by atoms with Gasteiger partial charge in [0.1, 0.15) is 5.82 Å². The molecule has 0 saturated carbocycles. The van der Waals surface area contributed by atoms with E-state index in [-0.39, 0.29) is 0 Å². The molecule has 104 valence electrons. The van der Waals surface area contributed by atoms with Crippen LogP contribution in [0.2, 0.25) is 0 Å². The molecule has 2 fully saturated rings. The van der Waals surface area contributed by atoms with Crippen LogP contribution in [0, 0.1) is 0 Å². The van der Waals surface area contributed by atoms with Crippen molar-refractivity contribution >= 4 is 5.82 Å². The van der Waals surface area contributed by atoms with Crippen molar-refractivity contribution in [3.05, 3.63) is 23.9 Å². The molecule has 3 heterocycles. The van der Waals surface area contributed by atoms with Crippen LogP contribution in [0.1, 0.15) is 24.8 Å². The summed E-state index contributed by atoms with van der Waals surface area (Å²) in [6.45, 7) is 5.85. The normalized spacial score (nSPS) is 25.0. The molecular formula is C14H23N5. The summed E-state index contributed by atoms with van der Waals surface area (Å²) in [7, 11) is 0. The first kappa shape index (κ1) is 12.8. The lowest BCUT2D eigenvalue weighted by atomic mass is 10.2. The van der Waals surface area contributed by atoms with E-state index >= 15 is 0 Å². The Morgan fingerprint density at radius 2 is 2.21 bits per heavy atom. The van der Waals surface area contributed by atoms with E-state index in [9.17, 15) is 0 Å². The summed E-state index contributed by atoms with van der Waals surface area (Å²) in [5, 5.41) is 0. The molecule has 2 aliphatic heterocycles. The standard InChI is InChI=1S/C14H23N5/c15-17-14-12(4-1-6-16-14)10-18-7-3-9-19-8-2-5-13(19)11-18/h1,4,6,13H,2-3,5,7-11,15H2,(H,16,17). The first-order valence-electron chi connectivity index (χ1n) is 7.24. The van der Waals surface area contributed by atoms with Crippen LogP contribution in [-0.4, -0.2) is 47.0 Å². The minimum Gasteiger partial charge on any atom is -0.308 e. The molecule has 19 heavy (non-hydrogen) atoms. The van der Waals surface area contributed by atoms with E-state index in [4.69, 9.17) is 5.84 Å². The molecule has 1 aromatic rings. The van der Waals surface area contributed by atoms with Crippen molar-refractivity contribution < 1.29 is 0 Å². The van der Waals surface area contributed by atoms with Gasteiger partial charge in [0.25, 0.3) is 0 Å². The van der Waals surface area contributed by atoms with Crippen LogP contribution in [0.4, 0.5) is 5.82 Å². The summed E-state index contributed by atoms with van der Waals surface area (Å²) in [4.78, 5) is 9.49. The molecular weight excluding hydrogens is 238 g/mol. The average Bonchev–Trinajstić information content (AvgIpc) is 2.78. The van der Waals surface area contributed by atoms with E-state index < -0.39 is 0 Å². The number of hydrazine groups is 1. The zero-order valence-electron chi connectivity index (χ0n) is 11.4. The van der Waals surface area contributed by atoms with Crippen molar-refractivity contribution in [2.75, 3.05) is 31.6 Å². The van der Waals surface area contributed by atoms with E-state index in [1.54, 1.807) is 6.20 Å². The predicted octanol–water partition coefficient (Wildman–Crippen LogP) is 1.04. The Morgan fingerprint density at radius 1 is 1.32 bits per heavy atom. The van der Waals surface area contributed by atoms with E-state index in [2.05, 4.69) is 26.3 Å². The van der Waals surface area contributed by atoms with Crippen LogP contribution in [0.5, 0.6) is 0 Å². The smallest absolute Gasteiger partial charge is 0.144 e. The third-order valence-electron chi connectivity index (χ3n) is 4.31. The van der Waals surface area contributed by atoms with Crippen molar-refractivity contribution in [2.24, 2.45) is 5.84 Å². The second kappa shape index (κ2) is 5.86. The average molecular weight is 261 g/mol. The lowest BCUT2D eigenvalue weighted by molar-refractivity contribution is 0.215. The largest absolute Gasteiger partial charge is 0.308 e. The molecule has 0 radical (unpaired) electrons. The Bertz CT molecular complexity index is 422. The molecule has 3 rings (SSSR count). The van der Waals surface area contributed by atoms with Crippen LogP contribution in [0.3, 0.4) is 0 Å². The summed E-state index contributed by atoms with van der Waals surface area (Å²) in [6, 6.07) is 4.85.